The molecular weight excluding hydrogens is 246 g/mol. The van der Waals surface area contributed by atoms with Gasteiger partial charge in [-0.2, -0.15) is 0 Å². The minimum atomic E-state index is -0.388. The van der Waals surface area contributed by atoms with Gasteiger partial charge in [0, 0.05) is 19.1 Å². The number of carbonyl (C=O) groups is 2. The lowest BCUT2D eigenvalue weighted by Gasteiger charge is -2.34. The Hall–Kier alpha value is -1.30. The highest BCUT2D eigenvalue weighted by molar-refractivity contribution is 5.82. The van der Waals surface area contributed by atoms with Crippen molar-refractivity contribution >= 4 is 12.0 Å². The maximum atomic E-state index is 12.3. The second-order valence-electron chi connectivity index (χ2n) is 5.14. The van der Waals surface area contributed by atoms with Gasteiger partial charge < -0.3 is 20.3 Å². The molecule has 2 N–H and O–H groups in total. The molecular formula is C13H23N3O3. The van der Waals surface area contributed by atoms with Crippen LogP contribution in [-0.4, -0.2) is 55.2 Å². The number of rotatable bonds is 3. The monoisotopic (exact) mass is 269 g/mol. The molecule has 0 aromatic carbocycles. The van der Waals surface area contributed by atoms with E-state index in [2.05, 4.69) is 10.6 Å². The third-order valence-electron chi connectivity index (χ3n) is 3.69. The lowest BCUT2D eigenvalue weighted by Crippen LogP contribution is -2.53. The molecule has 19 heavy (non-hydrogen) atoms. The molecule has 2 heterocycles. The number of likely N-dealkylation sites (tertiary alicyclic amines) is 1. The fraction of sp³-hybridized carbons (Fsp3) is 0.846. The summed E-state index contributed by atoms with van der Waals surface area (Å²) in [5.41, 5.74) is 0. The Kier molecular flexibility index (Phi) is 5.01. The molecule has 2 rings (SSSR count). The van der Waals surface area contributed by atoms with E-state index in [0.717, 1.165) is 38.8 Å². The van der Waals surface area contributed by atoms with Crippen LogP contribution in [0.4, 0.5) is 4.79 Å². The van der Waals surface area contributed by atoms with Gasteiger partial charge in [-0.15, -0.1) is 0 Å². The number of amides is 2. The molecule has 0 aliphatic carbocycles. The number of carbonyl (C=O) groups excluding carboxylic acids is 2. The summed E-state index contributed by atoms with van der Waals surface area (Å²) in [5, 5.41) is 6.05. The van der Waals surface area contributed by atoms with Crippen molar-refractivity contribution in [3.05, 3.63) is 0 Å². The molecule has 6 heteroatoms. The molecule has 0 aromatic heterocycles. The van der Waals surface area contributed by atoms with Crippen molar-refractivity contribution in [1.82, 2.24) is 15.5 Å². The van der Waals surface area contributed by atoms with Crippen molar-refractivity contribution in [2.24, 2.45) is 0 Å². The van der Waals surface area contributed by atoms with Crippen molar-refractivity contribution in [3.63, 3.8) is 0 Å². The Bertz CT molecular complexity index is 329. The first-order valence-corrected chi connectivity index (χ1v) is 7.16. The lowest BCUT2D eigenvalue weighted by atomic mass is 10.0. The van der Waals surface area contributed by atoms with Gasteiger partial charge in [0.05, 0.1) is 12.6 Å². The van der Waals surface area contributed by atoms with Crippen LogP contribution < -0.4 is 10.6 Å². The maximum Gasteiger partial charge on any atom is 0.407 e. The molecule has 2 fully saturated rings. The third-order valence-corrected chi connectivity index (χ3v) is 3.69. The fourth-order valence-electron chi connectivity index (χ4n) is 2.75. The van der Waals surface area contributed by atoms with Gasteiger partial charge in [-0.3, -0.25) is 4.79 Å². The number of nitrogens with zero attached hydrogens (tertiary/aromatic N) is 1. The molecule has 0 saturated carbocycles. The van der Waals surface area contributed by atoms with Gasteiger partial charge in [0.1, 0.15) is 0 Å². The molecule has 2 amide bonds. The molecule has 0 bridgehead atoms. The van der Waals surface area contributed by atoms with E-state index in [9.17, 15) is 9.59 Å². The number of ether oxygens (including phenoxy) is 1. The lowest BCUT2D eigenvalue weighted by molar-refractivity contribution is -0.134. The maximum absolute atomic E-state index is 12.3. The minimum Gasteiger partial charge on any atom is -0.450 e. The Morgan fingerprint density at radius 3 is 2.89 bits per heavy atom. The van der Waals surface area contributed by atoms with E-state index in [4.69, 9.17) is 4.74 Å². The highest BCUT2D eigenvalue weighted by Gasteiger charge is 2.30. The first kappa shape index (κ1) is 14.1. The summed E-state index contributed by atoms with van der Waals surface area (Å²) >= 11 is 0. The first-order valence-electron chi connectivity index (χ1n) is 7.16. The average molecular weight is 269 g/mol. The van der Waals surface area contributed by atoms with E-state index in [1.807, 2.05) is 4.90 Å². The topological polar surface area (TPSA) is 70.7 Å². The Morgan fingerprint density at radius 1 is 1.37 bits per heavy atom. The predicted octanol–water partition coefficient (Wildman–Crippen LogP) is 0.476. The molecule has 6 nitrogen and oxygen atoms in total. The van der Waals surface area contributed by atoms with Crippen LogP contribution in [-0.2, 0) is 9.53 Å². The van der Waals surface area contributed by atoms with Gasteiger partial charge in [-0.25, -0.2) is 4.79 Å². The number of piperidine rings is 1. The highest BCUT2D eigenvalue weighted by Crippen LogP contribution is 2.15. The number of hydrogen-bond acceptors (Lipinski definition) is 4. The van der Waals surface area contributed by atoms with E-state index in [-0.39, 0.29) is 24.1 Å². The number of nitrogens with one attached hydrogen (secondary N) is 2. The van der Waals surface area contributed by atoms with Crippen molar-refractivity contribution in [2.45, 2.75) is 44.7 Å². The van der Waals surface area contributed by atoms with Gasteiger partial charge in [0.15, 0.2) is 0 Å². The van der Waals surface area contributed by atoms with E-state index >= 15 is 0 Å². The van der Waals surface area contributed by atoms with Crippen LogP contribution >= 0.6 is 0 Å². The smallest absolute Gasteiger partial charge is 0.407 e. The standard InChI is InChI=1S/C13H23N3O3/c1-2-19-13(18)15-10-5-4-8-16(9-10)12(17)11-6-3-7-14-11/h10-11,14H,2-9H2,1H3,(H,15,18)/t10?,11-/m1/s1. The molecule has 2 saturated heterocycles. The molecule has 0 spiro atoms. The molecule has 2 aliphatic heterocycles. The average Bonchev–Trinajstić information content (AvgIpc) is 2.92. The van der Waals surface area contributed by atoms with Crippen molar-refractivity contribution in [2.75, 3.05) is 26.2 Å². The highest BCUT2D eigenvalue weighted by atomic mass is 16.5. The zero-order valence-corrected chi connectivity index (χ0v) is 11.5. The minimum absolute atomic E-state index is 0.0122. The summed E-state index contributed by atoms with van der Waals surface area (Å²) in [6, 6.07) is -0.0144. The summed E-state index contributed by atoms with van der Waals surface area (Å²) in [5.74, 6) is 0.174. The van der Waals surface area contributed by atoms with Gasteiger partial charge in [-0.05, 0) is 39.2 Å². The summed E-state index contributed by atoms with van der Waals surface area (Å²) in [7, 11) is 0. The van der Waals surface area contributed by atoms with E-state index < -0.39 is 0 Å². The van der Waals surface area contributed by atoms with Crippen LogP contribution in [0, 0.1) is 0 Å². The zero-order valence-electron chi connectivity index (χ0n) is 11.5. The van der Waals surface area contributed by atoms with Crippen LogP contribution in [0.25, 0.3) is 0 Å². The van der Waals surface area contributed by atoms with Gasteiger partial charge in [0.2, 0.25) is 5.91 Å². The van der Waals surface area contributed by atoms with Crippen LogP contribution in [0.1, 0.15) is 32.6 Å². The van der Waals surface area contributed by atoms with Crippen LogP contribution in [0.2, 0.25) is 0 Å². The summed E-state index contributed by atoms with van der Waals surface area (Å²) in [6.45, 7) is 4.46. The molecule has 0 aromatic rings. The van der Waals surface area contributed by atoms with Crippen molar-refractivity contribution in [3.8, 4) is 0 Å². The number of hydrogen-bond donors (Lipinski definition) is 2. The molecule has 1 unspecified atom stereocenters. The van der Waals surface area contributed by atoms with Gasteiger partial charge in [0.25, 0.3) is 0 Å². The molecule has 0 radical (unpaired) electrons. The van der Waals surface area contributed by atoms with E-state index in [1.54, 1.807) is 6.92 Å². The zero-order chi connectivity index (χ0) is 13.7. The van der Waals surface area contributed by atoms with E-state index in [1.165, 1.54) is 0 Å². The fourth-order valence-corrected chi connectivity index (χ4v) is 2.75. The Morgan fingerprint density at radius 2 is 2.21 bits per heavy atom. The van der Waals surface area contributed by atoms with Crippen molar-refractivity contribution in [1.29, 1.82) is 0 Å². The van der Waals surface area contributed by atoms with E-state index in [0.29, 0.717) is 13.2 Å². The van der Waals surface area contributed by atoms with Crippen LogP contribution in [0.5, 0.6) is 0 Å². The SMILES string of the molecule is CCOC(=O)NC1CCCN(C(=O)[C@H]2CCCN2)C1. The summed E-state index contributed by atoms with van der Waals surface area (Å²) < 4.78 is 4.87. The molecule has 2 atom stereocenters. The van der Waals surface area contributed by atoms with Crippen LogP contribution in [0.15, 0.2) is 0 Å². The van der Waals surface area contributed by atoms with Crippen LogP contribution in [0.3, 0.4) is 0 Å². The predicted molar refractivity (Wildman–Crippen MR) is 70.8 cm³/mol. The Labute approximate surface area is 113 Å². The second-order valence-corrected chi connectivity index (χ2v) is 5.14. The molecule has 2 aliphatic rings. The third kappa shape index (κ3) is 3.83. The normalized spacial score (nSPS) is 27.1. The first-order chi connectivity index (χ1) is 9.20. The van der Waals surface area contributed by atoms with Gasteiger partial charge in [-0.1, -0.05) is 0 Å². The largest absolute Gasteiger partial charge is 0.450 e. The quantitative estimate of drug-likeness (QED) is 0.781. The Balaban J connectivity index is 1.82. The number of alkyl carbamates (subject to hydrolysis) is 1. The summed E-state index contributed by atoms with van der Waals surface area (Å²) in [4.78, 5) is 25.5. The second kappa shape index (κ2) is 6.75. The molecule has 108 valence electrons. The van der Waals surface area contributed by atoms with Gasteiger partial charge >= 0.3 is 6.09 Å². The van der Waals surface area contributed by atoms with Crippen molar-refractivity contribution < 1.29 is 14.3 Å². The summed E-state index contributed by atoms with van der Waals surface area (Å²) in [6.07, 6.45) is 3.43.